The van der Waals surface area contributed by atoms with Crippen molar-refractivity contribution in [3.05, 3.63) is 6.29 Å². The number of rotatable bonds is 3. The van der Waals surface area contributed by atoms with Crippen LogP contribution >= 0.6 is 0 Å². The summed E-state index contributed by atoms with van der Waals surface area (Å²) in [4.78, 5) is 0. The van der Waals surface area contributed by atoms with E-state index in [1.807, 2.05) is 0 Å². The molecule has 0 aromatic rings. The number of aliphatic hydroxyl groups excluding tert-OH is 2. The summed E-state index contributed by atoms with van der Waals surface area (Å²) in [6.07, 6.45) is -2.60. The highest BCUT2D eigenvalue weighted by Gasteiger charge is 2.12. The molecule has 0 spiro atoms. The van der Waals surface area contributed by atoms with Crippen molar-refractivity contribution in [2.45, 2.75) is 12.5 Å². The Morgan fingerprint density at radius 3 is 2.12 bits per heavy atom. The Labute approximate surface area is 47.0 Å². The fourth-order valence-electron chi connectivity index (χ4n) is 0.241. The van der Waals surface area contributed by atoms with Gasteiger partial charge in [-0.2, -0.15) is 0 Å². The molecular weight excluding hydrogens is 112 g/mol. The van der Waals surface area contributed by atoms with Crippen LogP contribution in [0.4, 0.5) is 0 Å². The molecule has 2 radical (unpaired) electrons. The summed E-state index contributed by atoms with van der Waals surface area (Å²) in [5.74, 6) is 0. The molecule has 4 heteroatoms. The molecule has 8 heavy (non-hydrogen) atoms. The van der Waals surface area contributed by atoms with Crippen molar-refractivity contribution in [3.63, 3.8) is 0 Å². The third-order valence-corrected chi connectivity index (χ3v) is 0.689. The molecule has 0 bridgehead atoms. The van der Waals surface area contributed by atoms with Crippen molar-refractivity contribution in [2.24, 2.45) is 0 Å². The molecule has 0 aliphatic carbocycles. The van der Waals surface area contributed by atoms with Crippen LogP contribution in [0.1, 0.15) is 6.42 Å². The van der Waals surface area contributed by atoms with Crippen LogP contribution in [0.3, 0.4) is 0 Å². The molecule has 0 amide bonds. The van der Waals surface area contributed by atoms with Crippen LogP contribution in [-0.2, 0) is 5.11 Å². The molecule has 0 aromatic carbocycles. The van der Waals surface area contributed by atoms with Crippen LogP contribution < -0.4 is 0 Å². The van der Waals surface area contributed by atoms with Gasteiger partial charge in [0.25, 0.3) is 0 Å². The molecule has 0 aliphatic rings. The van der Waals surface area contributed by atoms with E-state index in [0.29, 0.717) is 0 Å². The third kappa shape index (κ3) is 2.92. The average Bonchev–Trinajstić information content (AvgIpc) is 1.67. The minimum absolute atomic E-state index is 0.150. The summed E-state index contributed by atoms with van der Waals surface area (Å²) < 4.78 is 0. The first kappa shape index (κ1) is 7.84. The van der Waals surface area contributed by atoms with E-state index in [1.54, 1.807) is 0 Å². The van der Waals surface area contributed by atoms with Gasteiger partial charge in [-0.3, -0.25) is 0 Å². The Hall–Kier alpha value is -0.160. The molecule has 1 unspecified atom stereocenters. The van der Waals surface area contributed by atoms with E-state index in [1.165, 1.54) is 0 Å². The second-order valence-corrected chi connectivity index (χ2v) is 1.37. The van der Waals surface area contributed by atoms with Gasteiger partial charge < -0.3 is 15.3 Å². The Morgan fingerprint density at radius 2 is 2.00 bits per heavy atom. The third-order valence-electron chi connectivity index (χ3n) is 0.689. The smallest absolute Gasteiger partial charge is 0.248 e. The van der Waals surface area contributed by atoms with Crippen LogP contribution in [0.5, 0.6) is 0 Å². The van der Waals surface area contributed by atoms with E-state index in [2.05, 4.69) is 0 Å². The highest BCUT2D eigenvalue weighted by molar-refractivity contribution is 4.69. The van der Waals surface area contributed by atoms with Crippen molar-refractivity contribution in [1.82, 2.24) is 0 Å². The molecule has 0 heterocycles. The second kappa shape index (κ2) is 3.80. The first-order valence-electron chi connectivity index (χ1n) is 2.19. The number of hydrogen-bond donors (Lipinski definition) is 3. The van der Waals surface area contributed by atoms with Crippen molar-refractivity contribution < 1.29 is 20.4 Å². The van der Waals surface area contributed by atoms with E-state index < -0.39 is 19.0 Å². The quantitative estimate of drug-likeness (QED) is 0.465. The van der Waals surface area contributed by atoms with Gasteiger partial charge in [0.15, 0.2) is 0 Å². The van der Waals surface area contributed by atoms with Crippen molar-refractivity contribution in [1.29, 1.82) is 0 Å². The predicted molar refractivity (Wildman–Crippen MR) is 23.3 cm³/mol. The summed E-state index contributed by atoms with van der Waals surface area (Å²) in [5, 5.41) is 34.1. The summed E-state index contributed by atoms with van der Waals surface area (Å²) in [7, 11) is 0. The lowest BCUT2D eigenvalue weighted by Crippen LogP contribution is -2.18. The Morgan fingerprint density at radius 1 is 1.50 bits per heavy atom. The van der Waals surface area contributed by atoms with E-state index in [0.717, 1.165) is 0 Å². The Kier molecular flexibility index (Phi) is 3.72. The van der Waals surface area contributed by atoms with Crippen LogP contribution in [0.25, 0.3) is 0 Å². The zero-order valence-electron chi connectivity index (χ0n) is 4.24. The minimum atomic E-state index is -1.37. The normalized spacial score (nSPS) is 14.6. The fourth-order valence-corrected chi connectivity index (χ4v) is 0.241. The SMILES string of the molecule is [O]CCC(O)[C](O)O. The molecule has 1 atom stereocenters. The molecule has 4 nitrogen and oxygen atoms in total. The molecule has 0 saturated carbocycles. The van der Waals surface area contributed by atoms with Gasteiger partial charge in [0.05, 0.1) is 6.61 Å². The number of hydrogen-bond acceptors (Lipinski definition) is 3. The lowest BCUT2D eigenvalue weighted by atomic mass is 10.2. The molecule has 48 valence electrons. The molecule has 0 aliphatic heterocycles. The fraction of sp³-hybridized carbons (Fsp3) is 0.750. The highest BCUT2D eigenvalue weighted by Crippen LogP contribution is 1.99. The predicted octanol–water partition coefficient (Wildman–Crippen LogP) is -0.598. The van der Waals surface area contributed by atoms with E-state index in [4.69, 9.17) is 15.3 Å². The number of aliphatic hydroxyl groups is 3. The summed E-state index contributed by atoms with van der Waals surface area (Å²) in [6, 6.07) is 0. The van der Waals surface area contributed by atoms with Gasteiger partial charge in [-0.15, -0.1) is 0 Å². The molecular formula is C4H8O4. The molecule has 0 saturated heterocycles. The zero-order valence-corrected chi connectivity index (χ0v) is 4.24. The van der Waals surface area contributed by atoms with Crippen molar-refractivity contribution in [3.8, 4) is 0 Å². The van der Waals surface area contributed by atoms with Crippen molar-refractivity contribution in [2.75, 3.05) is 6.61 Å². The summed E-state index contributed by atoms with van der Waals surface area (Å²) in [6.45, 7) is -0.508. The van der Waals surface area contributed by atoms with Gasteiger partial charge >= 0.3 is 0 Å². The topological polar surface area (TPSA) is 80.6 Å². The van der Waals surface area contributed by atoms with Gasteiger partial charge in [-0.05, 0) is 0 Å². The van der Waals surface area contributed by atoms with E-state index >= 15 is 0 Å². The summed E-state index contributed by atoms with van der Waals surface area (Å²) >= 11 is 0. The van der Waals surface area contributed by atoms with Gasteiger partial charge in [0.1, 0.15) is 6.10 Å². The van der Waals surface area contributed by atoms with Crippen molar-refractivity contribution >= 4 is 0 Å². The van der Waals surface area contributed by atoms with Crippen LogP contribution in [-0.4, -0.2) is 28.0 Å². The largest absolute Gasteiger partial charge is 0.387 e. The monoisotopic (exact) mass is 120 g/mol. The molecule has 0 aromatic heterocycles. The Bertz CT molecular complexity index is 54.0. The zero-order chi connectivity index (χ0) is 6.57. The Balaban J connectivity index is 3.17. The van der Waals surface area contributed by atoms with Gasteiger partial charge in [-0.1, -0.05) is 0 Å². The molecule has 0 fully saturated rings. The maximum atomic E-state index is 9.65. The lowest BCUT2D eigenvalue weighted by Gasteiger charge is -2.06. The van der Waals surface area contributed by atoms with E-state index in [9.17, 15) is 5.11 Å². The second-order valence-electron chi connectivity index (χ2n) is 1.37. The average molecular weight is 120 g/mol. The minimum Gasteiger partial charge on any atom is -0.387 e. The van der Waals surface area contributed by atoms with Gasteiger partial charge in [0.2, 0.25) is 6.29 Å². The lowest BCUT2D eigenvalue weighted by molar-refractivity contribution is -0.0344. The van der Waals surface area contributed by atoms with Crippen LogP contribution in [0.2, 0.25) is 0 Å². The first-order chi connectivity index (χ1) is 3.68. The first-order valence-corrected chi connectivity index (χ1v) is 2.19. The van der Waals surface area contributed by atoms with Gasteiger partial charge in [-0.25, -0.2) is 5.11 Å². The molecule has 0 rings (SSSR count). The maximum absolute atomic E-state index is 9.65. The van der Waals surface area contributed by atoms with Gasteiger partial charge in [0, 0.05) is 6.42 Å². The van der Waals surface area contributed by atoms with Crippen LogP contribution in [0, 0.1) is 6.29 Å². The maximum Gasteiger partial charge on any atom is 0.248 e. The van der Waals surface area contributed by atoms with E-state index in [-0.39, 0.29) is 6.42 Å². The van der Waals surface area contributed by atoms with Crippen LogP contribution in [0.15, 0.2) is 0 Å². The highest BCUT2D eigenvalue weighted by atomic mass is 16.5. The molecule has 3 N–H and O–H groups in total. The standard InChI is InChI=1S/C4H8O4/c5-2-1-3(6)4(7)8/h3,6-8H,1-2H2. The summed E-state index contributed by atoms with van der Waals surface area (Å²) in [5.41, 5.74) is 0.